The molecule has 54 valence electrons. The zero-order valence-electron chi connectivity index (χ0n) is 6.28. The van der Waals surface area contributed by atoms with Gasteiger partial charge in [-0.15, -0.1) is 0 Å². The Balaban J connectivity index is 3.15. The number of hydrogen-bond donors (Lipinski definition) is 0. The third kappa shape index (κ3) is 1.65. The normalized spacial score (nSPS) is 9.82. The lowest BCUT2D eigenvalue weighted by Crippen LogP contribution is -1.73. The molecule has 2 nitrogen and oxygen atoms in total. The van der Waals surface area contributed by atoms with E-state index in [1.54, 1.807) is 12.4 Å². The van der Waals surface area contributed by atoms with E-state index in [-0.39, 0.29) is 0 Å². The molecule has 0 N–H and O–H groups in total. The standard InChI is InChI=1S/C9H8N2/c1-3-4-8-5-6-11-7-9(8)10-2/h3-7H,1H3/b4-3+. The van der Waals surface area contributed by atoms with Gasteiger partial charge < -0.3 is 0 Å². The Kier molecular flexibility index (Phi) is 2.40. The molecule has 0 spiro atoms. The Hall–Kier alpha value is -1.62. The molecule has 0 aliphatic heterocycles. The molecule has 1 aromatic rings. The van der Waals surface area contributed by atoms with Crippen LogP contribution >= 0.6 is 0 Å². The Labute approximate surface area is 66.0 Å². The van der Waals surface area contributed by atoms with Gasteiger partial charge in [0, 0.05) is 12.4 Å². The minimum absolute atomic E-state index is 0.602. The highest BCUT2D eigenvalue weighted by atomic mass is 14.7. The monoisotopic (exact) mass is 144 g/mol. The first-order valence-corrected chi connectivity index (χ1v) is 3.32. The predicted molar refractivity (Wildman–Crippen MR) is 45.2 cm³/mol. The van der Waals surface area contributed by atoms with Crippen LogP contribution in [0.1, 0.15) is 12.5 Å². The van der Waals surface area contributed by atoms with E-state index in [0.29, 0.717) is 5.69 Å². The first-order chi connectivity index (χ1) is 5.38. The molecular weight excluding hydrogens is 136 g/mol. The van der Waals surface area contributed by atoms with Crippen molar-refractivity contribution < 1.29 is 0 Å². The second-order valence-corrected chi connectivity index (χ2v) is 2.05. The van der Waals surface area contributed by atoms with Crippen molar-refractivity contribution in [1.29, 1.82) is 0 Å². The lowest BCUT2D eigenvalue weighted by molar-refractivity contribution is 1.33. The SMILES string of the molecule is [C-]#[N+]c1cnccc1/C=C/C. The molecule has 1 rings (SSSR count). The molecule has 0 saturated carbocycles. The zero-order chi connectivity index (χ0) is 8.10. The van der Waals surface area contributed by atoms with Crippen molar-refractivity contribution in [2.24, 2.45) is 0 Å². The minimum Gasteiger partial charge on any atom is -0.276 e. The van der Waals surface area contributed by atoms with Crippen LogP contribution in [-0.4, -0.2) is 4.98 Å². The van der Waals surface area contributed by atoms with Gasteiger partial charge in [-0.05, 0) is 18.6 Å². The van der Waals surface area contributed by atoms with Gasteiger partial charge in [0.25, 0.3) is 0 Å². The molecule has 2 heteroatoms. The molecule has 0 unspecified atom stereocenters. The molecule has 1 aromatic heterocycles. The fourth-order valence-corrected chi connectivity index (χ4v) is 0.811. The molecule has 0 amide bonds. The summed E-state index contributed by atoms with van der Waals surface area (Å²) in [5, 5.41) is 0. The number of aromatic nitrogens is 1. The van der Waals surface area contributed by atoms with Gasteiger partial charge in [-0.25, -0.2) is 4.85 Å². The Morgan fingerprint density at radius 2 is 2.45 bits per heavy atom. The Morgan fingerprint density at radius 1 is 1.64 bits per heavy atom. The van der Waals surface area contributed by atoms with E-state index >= 15 is 0 Å². The first-order valence-electron chi connectivity index (χ1n) is 3.32. The zero-order valence-corrected chi connectivity index (χ0v) is 6.28. The molecule has 11 heavy (non-hydrogen) atoms. The minimum atomic E-state index is 0.602. The lowest BCUT2D eigenvalue weighted by atomic mass is 10.2. The Bertz CT molecular complexity index is 308. The van der Waals surface area contributed by atoms with E-state index in [1.807, 2.05) is 25.1 Å². The summed E-state index contributed by atoms with van der Waals surface area (Å²) in [7, 11) is 0. The van der Waals surface area contributed by atoms with Crippen LogP contribution in [0.5, 0.6) is 0 Å². The summed E-state index contributed by atoms with van der Waals surface area (Å²) >= 11 is 0. The Morgan fingerprint density at radius 3 is 3.09 bits per heavy atom. The summed E-state index contributed by atoms with van der Waals surface area (Å²) in [6.45, 7) is 8.74. The average molecular weight is 144 g/mol. The van der Waals surface area contributed by atoms with Gasteiger partial charge in [0.1, 0.15) is 0 Å². The summed E-state index contributed by atoms with van der Waals surface area (Å²) in [5.74, 6) is 0. The average Bonchev–Trinajstić information content (AvgIpc) is 2.06. The maximum absolute atomic E-state index is 6.81. The number of hydrogen-bond acceptors (Lipinski definition) is 1. The second kappa shape index (κ2) is 3.52. The highest BCUT2D eigenvalue weighted by molar-refractivity contribution is 5.65. The highest BCUT2D eigenvalue weighted by Gasteiger charge is 1.94. The summed E-state index contributed by atoms with van der Waals surface area (Å²) in [6.07, 6.45) is 7.06. The quantitative estimate of drug-likeness (QED) is 0.554. The van der Waals surface area contributed by atoms with Crippen LogP contribution in [0.25, 0.3) is 10.9 Å². The summed E-state index contributed by atoms with van der Waals surface area (Å²) in [6, 6.07) is 1.83. The molecule has 0 aromatic carbocycles. The predicted octanol–water partition coefficient (Wildman–Crippen LogP) is 2.67. The van der Waals surface area contributed by atoms with Gasteiger partial charge >= 0.3 is 0 Å². The lowest BCUT2D eigenvalue weighted by Gasteiger charge is -1.93. The smallest absolute Gasteiger partial charge is 0.212 e. The largest absolute Gasteiger partial charge is 0.276 e. The number of pyridine rings is 1. The topological polar surface area (TPSA) is 17.2 Å². The van der Waals surface area contributed by atoms with E-state index in [9.17, 15) is 0 Å². The molecule has 0 bridgehead atoms. The third-order valence-corrected chi connectivity index (χ3v) is 1.30. The van der Waals surface area contributed by atoms with Gasteiger partial charge in [0.05, 0.1) is 6.57 Å². The van der Waals surface area contributed by atoms with Crippen LogP contribution < -0.4 is 0 Å². The molecular formula is C9H8N2. The molecule has 0 fully saturated rings. The first kappa shape index (κ1) is 7.49. The summed E-state index contributed by atoms with van der Waals surface area (Å²) in [4.78, 5) is 7.18. The third-order valence-electron chi connectivity index (χ3n) is 1.30. The molecule has 1 heterocycles. The molecule has 0 atom stereocenters. The number of rotatable bonds is 1. The van der Waals surface area contributed by atoms with Crippen molar-refractivity contribution in [2.45, 2.75) is 6.92 Å². The molecule has 0 aliphatic carbocycles. The van der Waals surface area contributed by atoms with Crippen LogP contribution in [0.2, 0.25) is 0 Å². The van der Waals surface area contributed by atoms with Crippen molar-refractivity contribution in [1.82, 2.24) is 4.98 Å². The second-order valence-electron chi connectivity index (χ2n) is 2.05. The van der Waals surface area contributed by atoms with Crippen LogP contribution in [0.4, 0.5) is 5.69 Å². The van der Waals surface area contributed by atoms with E-state index in [1.165, 1.54) is 0 Å². The van der Waals surface area contributed by atoms with Crippen molar-refractivity contribution in [3.63, 3.8) is 0 Å². The van der Waals surface area contributed by atoms with Gasteiger partial charge in [-0.1, -0.05) is 12.2 Å². The van der Waals surface area contributed by atoms with Crippen molar-refractivity contribution in [2.75, 3.05) is 0 Å². The molecule has 0 saturated heterocycles. The van der Waals surface area contributed by atoms with E-state index in [0.717, 1.165) is 5.56 Å². The van der Waals surface area contributed by atoms with E-state index in [4.69, 9.17) is 6.57 Å². The van der Waals surface area contributed by atoms with Gasteiger partial charge in [0.2, 0.25) is 5.69 Å². The highest BCUT2D eigenvalue weighted by Crippen LogP contribution is 2.17. The van der Waals surface area contributed by atoms with Gasteiger partial charge in [0.15, 0.2) is 0 Å². The molecule has 0 aliphatic rings. The fourth-order valence-electron chi connectivity index (χ4n) is 0.811. The van der Waals surface area contributed by atoms with Crippen LogP contribution in [0.3, 0.4) is 0 Å². The van der Waals surface area contributed by atoms with Gasteiger partial charge in [-0.2, -0.15) is 0 Å². The van der Waals surface area contributed by atoms with E-state index < -0.39 is 0 Å². The van der Waals surface area contributed by atoms with Crippen LogP contribution in [0, 0.1) is 6.57 Å². The maximum atomic E-state index is 6.81. The molecule has 0 radical (unpaired) electrons. The van der Waals surface area contributed by atoms with E-state index in [2.05, 4.69) is 9.83 Å². The summed E-state index contributed by atoms with van der Waals surface area (Å²) in [5.41, 5.74) is 1.53. The van der Waals surface area contributed by atoms with Crippen molar-refractivity contribution in [3.8, 4) is 0 Å². The fraction of sp³-hybridized carbons (Fsp3) is 0.111. The summed E-state index contributed by atoms with van der Waals surface area (Å²) < 4.78 is 0. The number of nitrogens with zero attached hydrogens (tertiary/aromatic N) is 2. The van der Waals surface area contributed by atoms with Gasteiger partial charge in [-0.3, -0.25) is 4.98 Å². The van der Waals surface area contributed by atoms with Crippen molar-refractivity contribution in [3.05, 3.63) is 41.5 Å². The van der Waals surface area contributed by atoms with Crippen molar-refractivity contribution >= 4 is 11.8 Å². The maximum Gasteiger partial charge on any atom is 0.212 e. The van der Waals surface area contributed by atoms with Crippen LogP contribution in [0.15, 0.2) is 24.5 Å². The van der Waals surface area contributed by atoms with Crippen LogP contribution in [-0.2, 0) is 0 Å². The number of allylic oxidation sites excluding steroid dienone is 1.